The number of fused-ring (bicyclic) bond motifs is 1. The first-order valence-corrected chi connectivity index (χ1v) is 7.57. The van der Waals surface area contributed by atoms with Crippen molar-refractivity contribution in [3.63, 3.8) is 0 Å². The summed E-state index contributed by atoms with van der Waals surface area (Å²) in [6, 6.07) is 12.6. The van der Waals surface area contributed by atoms with Crippen molar-refractivity contribution in [2.45, 2.75) is 40.2 Å². The van der Waals surface area contributed by atoms with Gasteiger partial charge in [0.2, 0.25) is 0 Å². The highest BCUT2D eigenvalue weighted by Crippen LogP contribution is 2.35. The highest BCUT2D eigenvalue weighted by Gasteiger charge is 2.28. The summed E-state index contributed by atoms with van der Waals surface area (Å²) >= 11 is 0. The molecule has 0 amide bonds. The van der Waals surface area contributed by atoms with Gasteiger partial charge in [0.1, 0.15) is 5.60 Å². The first-order chi connectivity index (χ1) is 10.4. The lowest BCUT2D eigenvalue weighted by molar-refractivity contribution is -0.204. The summed E-state index contributed by atoms with van der Waals surface area (Å²) in [5.41, 5.74) is 3.15. The third-order valence-corrected chi connectivity index (χ3v) is 4.09. The maximum absolute atomic E-state index is 13.0. The minimum atomic E-state index is -0.976. The monoisotopic (exact) mass is 298 g/mol. The van der Waals surface area contributed by atoms with Gasteiger partial charge in [-0.3, -0.25) is 0 Å². The van der Waals surface area contributed by atoms with Crippen LogP contribution in [0.1, 0.15) is 38.8 Å². The molecule has 0 unspecified atom stereocenters. The van der Waals surface area contributed by atoms with E-state index in [-0.39, 0.29) is 0 Å². The zero-order chi connectivity index (χ0) is 16.3. The summed E-state index contributed by atoms with van der Waals surface area (Å²) in [6.45, 7) is 9.45. The minimum Gasteiger partial charge on any atom is -0.183 e. The molecule has 0 aliphatic carbocycles. The van der Waals surface area contributed by atoms with Gasteiger partial charge in [0.15, 0.2) is 0 Å². The van der Waals surface area contributed by atoms with Gasteiger partial charge in [0, 0.05) is 0 Å². The SMILES string of the molecule is C/C=C(/C(=C/C)c1cc(C)c2ccccc2c1)C(C)(C)OF. The lowest BCUT2D eigenvalue weighted by Gasteiger charge is -2.26. The molecule has 22 heavy (non-hydrogen) atoms. The van der Waals surface area contributed by atoms with E-state index in [1.54, 1.807) is 13.8 Å². The van der Waals surface area contributed by atoms with E-state index in [0.717, 1.165) is 16.7 Å². The van der Waals surface area contributed by atoms with Gasteiger partial charge < -0.3 is 0 Å². The fourth-order valence-electron chi connectivity index (χ4n) is 3.00. The molecule has 0 fully saturated rings. The van der Waals surface area contributed by atoms with E-state index >= 15 is 0 Å². The van der Waals surface area contributed by atoms with Crippen LogP contribution in [-0.2, 0) is 4.94 Å². The number of halogens is 1. The van der Waals surface area contributed by atoms with Gasteiger partial charge in [0.25, 0.3) is 0 Å². The van der Waals surface area contributed by atoms with Crippen molar-refractivity contribution in [2.75, 3.05) is 0 Å². The molecule has 2 heteroatoms. The number of aryl methyl sites for hydroxylation is 1. The largest absolute Gasteiger partial charge is 0.183 e. The topological polar surface area (TPSA) is 9.23 Å². The van der Waals surface area contributed by atoms with Crippen LogP contribution in [-0.4, -0.2) is 5.60 Å². The van der Waals surface area contributed by atoms with Crippen LogP contribution in [0.5, 0.6) is 0 Å². The molecule has 0 N–H and O–H groups in total. The molecule has 0 saturated heterocycles. The third kappa shape index (κ3) is 2.97. The van der Waals surface area contributed by atoms with E-state index in [0.29, 0.717) is 0 Å². The molecule has 0 saturated carbocycles. The molecule has 0 aliphatic heterocycles. The van der Waals surface area contributed by atoms with Crippen molar-refractivity contribution in [1.82, 2.24) is 0 Å². The molecule has 0 heterocycles. The lowest BCUT2D eigenvalue weighted by Crippen LogP contribution is -2.24. The van der Waals surface area contributed by atoms with Gasteiger partial charge >= 0.3 is 0 Å². The number of rotatable bonds is 4. The summed E-state index contributed by atoms with van der Waals surface area (Å²) in [5, 5.41) is 2.43. The Kier molecular flexibility index (Phi) is 4.82. The predicted octanol–water partition coefficient (Wildman–Crippen LogP) is 6.18. The van der Waals surface area contributed by atoms with Crippen molar-refractivity contribution in [3.8, 4) is 0 Å². The van der Waals surface area contributed by atoms with Crippen LogP contribution >= 0.6 is 0 Å². The van der Waals surface area contributed by atoms with Crippen molar-refractivity contribution in [1.29, 1.82) is 0 Å². The molecular weight excluding hydrogens is 275 g/mol. The third-order valence-electron chi connectivity index (χ3n) is 4.09. The highest BCUT2D eigenvalue weighted by atomic mass is 19.3. The van der Waals surface area contributed by atoms with Crippen LogP contribution in [0.4, 0.5) is 4.53 Å². The molecule has 0 atom stereocenters. The van der Waals surface area contributed by atoms with Gasteiger partial charge in [-0.15, -0.1) is 0 Å². The Morgan fingerprint density at radius 2 is 1.77 bits per heavy atom. The number of hydrogen-bond acceptors (Lipinski definition) is 1. The standard InChI is InChI=1S/C20H23FO/c1-6-17(19(7-2)20(4,5)22-21)16-12-14(3)18-11-9-8-10-15(18)13-16/h6-13H,1-5H3/b17-6+,19-7-. The zero-order valence-corrected chi connectivity index (χ0v) is 13.9. The molecular formula is C20H23FO. The van der Waals surface area contributed by atoms with Gasteiger partial charge in [-0.2, -0.15) is 4.94 Å². The summed E-state index contributed by atoms with van der Waals surface area (Å²) < 4.78 is 13.0. The van der Waals surface area contributed by atoms with Crippen molar-refractivity contribution in [3.05, 3.63) is 65.3 Å². The molecule has 2 aromatic rings. The Morgan fingerprint density at radius 3 is 2.36 bits per heavy atom. The van der Waals surface area contributed by atoms with Crippen LogP contribution in [0.15, 0.2) is 54.1 Å². The molecule has 2 aromatic carbocycles. The van der Waals surface area contributed by atoms with Crippen LogP contribution in [0.3, 0.4) is 0 Å². The highest BCUT2D eigenvalue weighted by molar-refractivity contribution is 5.92. The predicted molar refractivity (Wildman–Crippen MR) is 92.4 cm³/mol. The first kappa shape index (κ1) is 16.4. The first-order valence-electron chi connectivity index (χ1n) is 7.57. The van der Waals surface area contributed by atoms with Crippen molar-refractivity contribution in [2.24, 2.45) is 0 Å². The van der Waals surface area contributed by atoms with E-state index in [4.69, 9.17) is 0 Å². The molecule has 0 radical (unpaired) electrons. The van der Waals surface area contributed by atoms with E-state index in [2.05, 4.69) is 36.1 Å². The van der Waals surface area contributed by atoms with E-state index in [9.17, 15) is 4.53 Å². The Labute approximate surface area is 132 Å². The number of benzene rings is 2. The Hall–Kier alpha value is -1.93. The second-order valence-corrected chi connectivity index (χ2v) is 6.01. The average Bonchev–Trinajstić information content (AvgIpc) is 2.52. The fraction of sp³-hybridized carbons (Fsp3) is 0.300. The maximum atomic E-state index is 13.0. The molecule has 116 valence electrons. The molecule has 0 aromatic heterocycles. The summed E-state index contributed by atoms with van der Waals surface area (Å²) in [4.78, 5) is 4.20. The average molecular weight is 298 g/mol. The normalized spacial score (nSPS) is 13.7. The fourth-order valence-corrected chi connectivity index (χ4v) is 3.00. The summed E-state index contributed by atoms with van der Waals surface area (Å²) in [7, 11) is 0. The lowest BCUT2D eigenvalue weighted by atomic mass is 9.85. The Morgan fingerprint density at radius 1 is 1.09 bits per heavy atom. The summed E-state index contributed by atoms with van der Waals surface area (Å²) in [6.07, 6.45) is 3.93. The smallest absolute Gasteiger partial charge is 0.128 e. The molecule has 2 rings (SSSR count). The van der Waals surface area contributed by atoms with Gasteiger partial charge in [-0.05, 0) is 78.3 Å². The quantitative estimate of drug-likeness (QED) is 0.613. The second-order valence-electron chi connectivity index (χ2n) is 6.01. The number of hydrogen-bond donors (Lipinski definition) is 0. The number of allylic oxidation sites excluding steroid dienone is 2. The van der Waals surface area contributed by atoms with Gasteiger partial charge in [-0.25, -0.2) is 0 Å². The van der Waals surface area contributed by atoms with Crippen molar-refractivity contribution >= 4 is 16.3 Å². The van der Waals surface area contributed by atoms with Crippen LogP contribution in [0.2, 0.25) is 0 Å². The Balaban J connectivity index is 2.62. The van der Waals surface area contributed by atoms with E-state index in [1.165, 1.54) is 16.3 Å². The maximum Gasteiger partial charge on any atom is 0.128 e. The molecule has 1 nitrogen and oxygen atoms in total. The summed E-state index contributed by atoms with van der Waals surface area (Å²) in [5.74, 6) is 0. The van der Waals surface area contributed by atoms with Crippen LogP contribution in [0.25, 0.3) is 16.3 Å². The zero-order valence-electron chi connectivity index (χ0n) is 13.9. The van der Waals surface area contributed by atoms with Gasteiger partial charge in [0.05, 0.1) is 0 Å². The molecule has 0 spiro atoms. The van der Waals surface area contributed by atoms with Crippen LogP contribution < -0.4 is 0 Å². The molecule has 0 bridgehead atoms. The van der Waals surface area contributed by atoms with Gasteiger partial charge in [-0.1, -0.05) is 42.5 Å². The van der Waals surface area contributed by atoms with E-state index < -0.39 is 5.60 Å². The minimum absolute atomic E-state index is 0.840. The van der Waals surface area contributed by atoms with Crippen molar-refractivity contribution < 1.29 is 9.47 Å². The van der Waals surface area contributed by atoms with Crippen LogP contribution in [0, 0.1) is 6.92 Å². The second kappa shape index (κ2) is 6.45. The Bertz CT molecular complexity index is 738. The van der Waals surface area contributed by atoms with E-state index in [1.807, 2.05) is 38.1 Å². The molecule has 0 aliphatic rings.